The zero-order chi connectivity index (χ0) is 20.4. The Morgan fingerprint density at radius 3 is 2.47 bits per heavy atom. The van der Waals surface area contributed by atoms with E-state index in [9.17, 15) is 8.42 Å². The van der Waals surface area contributed by atoms with Gasteiger partial charge in [-0.15, -0.1) is 12.4 Å². The molecule has 3 aromatic rings. The van der Waals surface area contributed by atoms with E-state index in [1.54, 1.807) is 18.4 Å². The van der Waals surface area contributed by atoms with Gasteiger partial charge in [0.2, 0.25) is 0 Å². The van der Waals surface area contributed by atoms with Gasteiger partial charge >= 0.3 is 0 Å². The van der Waals surface area contributed by atoms with E-state index < -0.39 is 10.0 Å². The number of halogens is 1. The summed E-state index contributed by atoms with van der Waals surface area (Å²) in [6.45, 7) is 3.37. The molecule has 162 valence electrons. The minimum atomic E-state index is -3.82. The highest BCUT2D eigenvalue weighted by Crippen LogP contribution is 2.34. The number of nitrogens with zero attached hydrogens (tertiary/aromatic N) is 1. The summed E-state index contributed by atoms with van der Waals surface area (Å²) in [4.78, 5) is 2.28. The largest absolute Gasteiger partial charge is 0.493 e. The number of hydrogen-bond donors (Lipinski definition) is 2. The number of sulfonamides is 1. The van der Waals surface area contributed by atoms with Gasteiger partial charge in [-0.05, 0) is 30.3 Å². The summed E-state index contributed by atoms with van der Waals surface area (Å²) in [7, 11) is -0.849. The molecule has 0 bridgehead atoms. The first-order chi connectivity index (χ1) is 14.0. The number of anilines is 2. The number of furan rings is 1. The molecular formula is C20H24ClN3O5S. The second kappa shape index (κ2) is 9.03. The van der Waals surface area contributed by atoms with Gasteiger partial charge in [0.05, 0.1) is 36.8 Å². The molecule has 10 heteroatoms. The summed E-state index contributed by atoms with van der Waals surface area (Å²) in [5.41, 5.74) is 2.10. The van der Waals surface area contributed by atoms with E-state index in [4.69, 9.17) is 13.9 Å². The lowest BCUT2D eigenvalue weighted by atomic mass is 10.2. The monoisotopic (exact) mass is 453 g/mol. The topological polar surface area (TPSA) is 93.0 Å². The van der Waals surface area contributed by atoms with E-state index >= 15 is 0 Å². The summed E-state index contributed by atoms with van der Waals surface area (Å²) in [5.74, 6) is 0.814. The lowest BCUT2D eigenvalue weighted by Crippen LogP contribution is -2.43. The number of rotatable bonds is 6. The zero-order valence-corrected chi connectivity index (χ0v) is 18.3. The number of methoxy groups -OCH3 is 2. The van der Waals surface area contributed by atoms with Crippen molar-refractivity contribution in [3.05, 3.63) is 42.7 Å². The Hall–Kier alpha value is -2.62. The molecule has 0 saturated carbocycles. The first-order valence-corrected chi connectivity index (χ1v) is 10.7. The molecule has 2 heterocycles. The molecule has 0 aliphatic carbocycles. The van der Waals surface area contributed by atoms with Crippen LogP contribution in [0.2, 0.25) is 0 Å². The molecule has 8 nitrogen and oxygen atoms in total. The average molecular weight is 454 g/mol. The molecular weight excluding hydrogens is 430 g/mol. The smallest absolute Gasteiger partial charge is 0.262 e. The normalized spacial score (nSPS) is 14.3. The molecule has 1 aliphatic rings. The Balaban J connectivity index is 0.00000256. The van der Waals surface area contributed by atoms with Crippen LogP contribution in [0.1, 0.15) is 0 Å². The van der Waals surface area contributed by atoms with Crippen LogP contribution in [0.5, 0.6) is 11.5 Å². The maximum atomic E-state index is 13.0. The van der Waals surface area contributed by atoms with E-state index in [0.717, 1.165) is 42.8 Å². The van der Waals surface area contributed by atoms with Gasteiger partial charge in [-0.2, -0.15) is 0 Å². The minimum absolute atomic E-state index is 0. The van der Waals surface area contributed by atoms with Crippen molar-refractivity contribution in [3.8, 4) is 11.5 Å². The van der Waals surface area contributed by atoms with Crippen molar-refractivity contribution in [2.45, 2.75) is 4.90 Å². The van der Waals surface area contributed by atoms with Crippen LogP contribution in [0.15, 0.2) is 52.0 Å². The SMILES string of the molecule is COc1ccc(S(=O)(=O)Nc2cc(N3CCNCC3)c3occc3c2)cc1OC.Cl. The summed E-state index contributed by atoms with van der Waals surface area (Å²) in [6.07, 6.45) is 1.61. The molecule has 2 aromatic carbocycles. The highest BCUT2D eigenvalue weighted by Gasteiger charge is 2.21. The molecule has 0 radical (unpaired) electrons. The molecule has 0 unspecified atom stereocenters. The summed E-state index contributed by atoms with van der Waals surface area (Å²) >= 11 is 0. The van der Waals surface area contributed by atoms with Crippen molar-refractivity contribution in [3.63, 3.8) is 0 Å². The summed E-state index contributed by atoms with van der Waals surface area (Å²) < 4.78 is 44.7. The van der Waals surface area contributed by atoms with Crippen LogP contribution in [0.3, 0.4) is 0 Å². The second-order valence-corrected chi connectivity index (χ2v) is 8.38. The fraction of sp³-hybridized carbons (Fsp3) is 0.300. The molecule has 1 saturated heterocycles. The quantitative estimate of drug-likeness (QED) is 0.592. The predicted molar refractivity (Wildman–Crippen MR) is 119 cm³/mol. The molecule has 4 rings (SSSR count). The standard InChI is InChI=1S/C20H23N3O5S.ClH/c1-26-18-4-3-16(13-19(18)27-2)29(24,25)22-15-11-14-5-10-28-20(14)17(12-15)23-8-6-21-7-9-23;/h3-5,10-13,21-22H,6-9H2,1-2H3;1H. The summed E-state index contributed by atoms with van der Waals surface area (Å²) in [5, 5.41) is 4.15. The van der Waals surface area contributed by atoms with Crippen LogP contribution in [0.4, 0.5) is 11.4 Å². The van der Waals surface area contributed by atoms with E-state index in [2.05, 4.69) is 14.9 Å². The highest BCUT2D eigenvalue weighted by molar-refractivity contribution is 7.92. The minimum Gasteiger partial charge on any atom is -0.493 e. The van der Waals surface area contributed by atoms with Crippen molar-refractivity contribution < 1.29 is 22.3 Å². The van der Waals surface area contributed by atoms with Crippen molar-refractivity contribution in [1.29, 1.82) is 0 Å². The lowest BCUT2D eigenvalue weighted by Gasteiger charge is -2.29. The van der Waals surface area contributed by atoms with Gasteiger partial charge in [-0.25, -0.2) is 8.42 Å². The lowest BCUT2D eigenvalue weighted by molar-refractivity contribution is 0.354. The van der Waals surface area contributed by atoms with Gasteiger partial charge in [0.15, 0.2) is 17.1 Å². The van der Waals surface area contributed by atoms with Crippen molar-refractivity contribution >= 4 is 44.8 Å². The number of benzene rings is 2. The van der Waals surface area contributed by atoms with Crippen LogP contribution in [0, 0.1) is 0 Å². The molecule has 0 amide bonds. The fourth-order valence-electron chi connectivity index (χ4n) is 3.46. The highest BCUT2D eigenvalue weighted by atomic mass is 35.5. The Labute approximate surface area is 181 Å². The Morgan fingerprint density at radius 2 is 1.77 bits per heavy atom. The third kappa shape index (κ3) is 4.28. The number of fused-ring (bicyclic) bond motifs is 1. The van der Waals surface area contributed by atoms with E-state index in [-0.39, 0.29) is 17.3 Å². The van der Waals surface area contributed by atoms with Gasteiger partial charge in [0.1, 0.15) is 0 Å². The van der Waals surface area contributed by atoms with Gasteiger partial charge in [-0.3, -0.25) is 4.72 Å². The zero-order valence-electron chi connectivity index (χ0n) is 16.7. The van der Waals surface area contributed by atoms with Crippen LogP contribution >= 0.6 is 12.4 Å². The maximum absolute atomic E-state index is 13.0. The molecule has 0 spiro atoms. The van der Waals surface area contributed by atoms with Crippen LogP contribution in [0.25, 0.3) is 11.0 Å². The van der Waals surface area contributed by atoms with E-state index in [1.165, 1.54) is 26.4 Å². The third-order valence-corrected chi connectivity index (χ3v) is 6.29. The van der Waals surface area contributed by atoms with E-state index in [0.29, 0.717) is 17.2 Å². The number of hydrogen-bond acceptors (Lipinski definition) is 7. The van der Waals surface area contributed by atoms with Crippen molar-refractivity contribution in [1.82, 2.24) is 5.32 Å². The second-order valence-electron chi connectivity index (χ2n) is 6.69. The van der Waals surface area contributed by atoms with Gasteiger partial charge in [0.25, 0.3) is 10.0 Å². The number of ether oxygens (including phenoxy) is 2. The van der Waals surface area contributed by atoms with Gasteiger partial charge in [0, 0.05) is 37.6 Å². The molecule has 30 heavy (non-hydrogen) atoms. The molecule has 0 atom stereocenters. The Morgan fingerprint density at radius 1 is 1.03 bits per heavy atom. The van der Waals surface area contributed by atoms with Gasteiger partial charge in [-0.1, -0.05) is 0 Å². The molecule has 1 aromatic heterocycles. The van der Waals surface area contributed by atoms with Crippen LogP contribution < -0.4 is 24.4 Å². The van der Waals surface area contributed by atoms with Crippen molar-refractivity contribution in [2.24, 2.45) is 0 Å². The van der Waals surface area contributed by atoms with Crippen LogP contribution in [-0.2, 0) is 10.0 Å². The van der Waals surface area contributed by atoms with Gasteiger partial charge < -0.3 is 24.1 Å². The van der Waals surface area contributed by atoms with Crippen molar-refractivity contribution in [2.75, 3.05) is 50.0 Å². The first kappa shape index (κ1) is 22.1. The first-order valence-electron chi connectivity index (χ1n) is 9.23. The molecule has 1 fully saturated rings. The Kier molecular flexibility index (Phi) is 6.64. The summed E-state index contributed by atoms with van der Waals surface area (Å²) in [6, 6.07) is 9.90. The molecule has 2 N–H and O–H groups in total. The predicted octanol–water partition coefficient (Wildman–Crippen LogP) is 3.08. The average Bonchev–Trinajstić information content (AvgIpc) is 3.21. The van der Waals surface area contributed by atoms with Crippen LogP contribution in [-0.4, -0.2) is 48.8 Å². The maximum Gasteiger partial charge on any atom is 0.262 e. The fourth-order valence-corrected chi connectivity index (χ4v) is 4.52. The Bertz CT molecular complexity index is 1130. The number of piperazine rings is 1. The number of nitrogens with one attached hydrogen (secondary N) is 2. The van der Waals surface area contributed by atoms with E-state index in [1.807, 2.05) is 12.1 Å². The molecule has 1 aliphatic heterocycles. The third-order valence-electron chi connectivity index (χ3n) is 4.91.